The highest BCUT2D eigenvalue weighted by Crippen LogP contribution is 2.22. The third-order valence-corrected chi connectivity index (χ3v) is 5.85. The molecule has 7 heteroatoms. The van der Waals surface area contributed by atoms with E-state index in [0.29, 0.717) is 33.3 Å². The van der Waals surface area contributed by atoms with Crippen LogP contribution >= 0.6 is 23.4 Å². The molecule has 0 spiro atoms. The summed E-state index contributed by atoms with van der Waals surface area (Å²) in [5, 5.41) is 4.47. The largest absolute Gasteiger partial charge is 0.324 e. The van der Waals surface area contributed by atoms with Crippen LogP contribution in [0.25, 0.3) is 10.9 Å². The highest BCUT2D eigenvalue weighted by Gasteiger charge is 2.13. The molecule has 29 heavy (non-hydrogen) atoms. The maximum absolute atomic E-state index is 13.0. The van der Waals surface area contributed by atoms with Crippen molar-refractivity contribution in [3.8, 4) is 0 Å². The first kappa shape index (κ1) is 21.4. The van der Waals surface area contributed by atoms with Crippen LogP contribution in [0.15, 0.2) is 58.5 Å². The van der Waals surface area contributed by atoms with Crippen LogP contribution in [-0.4, -0.2) is 21.2 Å². The Morgan fingerprint density at radius 1 is 1.10 bits per heavy atom. The minimum Gasteiger partial charge on any atom is -0.324 e. The molecule has 1 N–H and O–H groups in total. The lowest BCUT2D eigenvalue weighted by atomic mass is 10.2. The van der Waals surface area contributed by atoms with Crippen molar-refractivity contribution in [3.05, 3.63) is 63.9 Å². The van der Waals surface area contributed by atoms with E-state index in [1.165, 1.54) is 11.8 Å². The second-order valence-electron chi connectivity index (χ2n) is 6.75. The Kier molecular flexibility index (Phi) is 7.72. The molecule has 3 aromatic rings. The molecular weight excluding hydrogens is 406 g/mol. The van der Waals surface area contributed by atoms with E-state index in [1.807, 2.05) is 30.3 Å². The maximum Gasteiger partial charge on any atom is 0.262 e. The summed E-state index contributed by atoms with van der Waals surface area (Å²) in [4.78, 5) is 30.0. The fourth-order valence-electron chi connectivity index (χ4n) is 3.03. The number of rotatable bonds is 9. The fourth-order valence-corrected chi connectivity index (χ4v) is 4.04. The predicted octanol–water partition coefficient (Wildman–Crippen LogP) is 5.36. The standard InChI is InChI=1S/C22H24ClN3O2S/c1-2-3-4-9-14-26-21(28)16-10-5-7-12-18(16)25-22(26)29-15-20(27)24-19-13-8-6-11-17(19)23/h5-8,10-13H,2-4,9,14-15H2,1H3,(H,24,27). The molecule has 0 aliphatic rings. The van der Waals surface area contributed by atoms with Gasteiger partial charge in [0.05, 0.1) is 27.4 Å². The Bertz CT molecular complexity index is 1050. The summed E-state index contributed by atoms with van der Waals surface area (Å²) in [7, 11) is 0. The number of unbranched alkanes of at least 4 members (excludes halogenated alkanes) is 3. The number of thioether (sulfide) groups is 1. The average molecular weight is 430 g/mol. The number of carbonyl (C=O) groups excluding carboxylic acids is 1. The molecule has 0 fully saturated rings. The number of para-hydroxylation sites is 2. The van der Waals surface area contributed by atoms with Gasteiger partial charge in [-0.3, -0.25) is 14.2 Å². The minimum absolute atomic E-state index is 0.0545. The van der Waals surface area contributed by atoms with Gasteiger partial charge in [-0.1, -0.05) is 73.8 Å². The van der Waals surface area contributed by atoms with Crippen molar-refractivity contribution in [3.63, 3.8) is 0 Å². The molecule has 0 saturated carbocycles. The zero-order valence-electron chi connectivity index (χ0n) is 16.4. The van der Waals surface area contributed by atoms with E-state index in [9.17, 15) is 9.59 Å². The molecule has 1 amide bonds. The van der Waals surface area contributed by atoms with Gasteiger partial charge in [-0.15, -0.1) is 0 Å². The van der Waals surface area contributed by atoms with Crippen molar-refractivity contribution in [2.24, 2.45) is 0 Å². The topological polar surface area (TPSA) is 64.0 Å². The SMILES string of the molecule is CCCCCCn1c(SCC(=O)Nc2ccccc2Cl)nc2ccccc2c1=O. The van der Waals surface area contributed by atoms with Crippen molar-refractivity contribution >= 4 is 45.9 Å². The number of benzene rings is 2. The van der Waals surface area contributed by atoms with Gasteiger partial charge in [0.1, 0.15) is 0 Å². The van der Waals surface area contributed by atoms with Crippen molar-refractivity contribution in [2.75, 3.05) is 11.1 Å². The number of hydrogen-bond acceptors (Lipinski definition) is 4. The average Bonchev–Trinajstić information content (AvgIpc) is 2.73. The second-order valence-corrected chi connectivity index (χ2v) is 8.10. The van der Waals surface area contributed by atoms with Crippen LogP contribution in [0.5, 0.6) is 0 Å². The Morgan fingerprint density at radius 3 is 2.66 bits per heavy atom. The third kappa shape index (κ3) is 5.61. The number of halogens is 1. The van der Waals surface area contributed by atoms with Crippen molar-refractivity contribution in [2.45, 2.75) is 44.3 Å². The second kappa shape index (κ2) is 10.5. The van der Waals surface area contributed by atoms with E-state index >= 15 is 0 Å². The first-order valence-electron chi connectivity index (χ1n) is 9.77. The smallest absolute Gasteiger partial charge is 0.262 e. The lowest BCUT2D eigenvalue weighted by Gasteiger charge is -2.13. The summed E-state index contributed by atoms with van der Waals surface area (Å²) in [5.41, 5.74) is 1.17. The highest BCUT2D eigenvalue weighted by atomic mass is 35.5. The summed E-state index contributed by atoms with van der Waals surface area (Å²) in [5.74, 6) is -0.0478. The summed E-state index contributed by atoms with van der Waals surface area (Å²) in [6.45, 7) is 2.76. The van der Waals surface area contributed by atoms with Crippen molar-refractivity contribution in [1.29, 1.82) is 0 Å². The molecule has 5 nitrogen and oxygen atoms in total. The molecule has 152 valence electrons. The van der Waals surface area contributed by atoms with Gasteiger partial charge in [0, 0.05) is 6.54 Å². The fraction of sp³-hybridized carbons (Fsp3) is 0.318. The van der Waals surface area contributed by atoms with Crippen LogP contribution in [-0.2, 0) is 11.3 Å². The summed E-state index contributed by atoms with van der Waals surface area (Å²) in [6, 6.07) is 14.4. The van der Waals surface area contributed by atoms with E-state index < -0.39 is 0 Å². The number of hydrogen-bond donors (Lipinski definition) is 1. The van der Waals surface area contributed by atoms with Gasteiger partial charge in [0.15, 0.2) is 5.16 Å². The van der Waals surface area contributed by atoms with Gasteiger partial charge in [-0.2, -0.15) is 0 Å². The Morgan fingerprint density at radius 2 is 1.86 bits per heavy atom. The van der Waals surface area contributed by atoms with Gasteiger partial charge < -0.3 is 5.32 Å². The number of fused-ring (bicyclic) bond motifs is 1. The quantitative estimate of drug-likeness (QED) is 0.282. The summed E-state index contributed by atoms with van der Waals surface area (Å²) < 4.78 is 1.70. The number of nitrogens with zero attached hydrogens (tertiary/aromatic N) is 2. The number of aromatic nitrogens is 2. The number of carbonyl (C=O) groups is 1. The zero-order chi connectivity index (χ0) is 20.6. The molecule has 1 aromatic heterocycles. The molecular formula is C22H24ClN3O2S. The van der Waals surface area contributed by atoms with Crippen LogP contribution in [0, 0.1) is 0 Å². The van der Waals surface area contributed by atoms with Crippen LogP contribution in [0.4, 0.5) is 5.69 Å². The molecule has 0 bridgehead atoms. The lowest BCUT2D eigenvalue weighted by molar-refractivity contribution is -0.113. The Hall–Kier alpha value is -2.31. The monoisotopic (exact) mass is 429 g/mol. The summed E-state index contributed by atoms with van der Waals surface area (Å²) in [6.07, 6.45) is 4.24. The van der Waals surface area contributed by atoms with Crippen LogP contribution in [0.3, 0.4) is 0 Å². The first-order valence-corrected chi connectivity index (χ1v) is 11.1. The molecule has 3 rings (SSSR count). The van der Waals surface area contributed by atoms with E-state index in [-0.39, 0.29) is 17.2 Å². The lowest BCUT2D eigenvalue weighted by Crippen LogP contribution is -2.24. The predicted molar refractivity (Wildman–Crippen MR) is 121 cm³/mol. The summed E-state index contributed by atoms with van der Waals surface area (Å²) >= 11 is 7.37. The van der Waals surface area contributed by atoms with E-state index in [1.54, 1.807) is 22.8 Å². The van der Waals surface area contributed by atoms with E-state index in [0.717, 1.165) is 25.7 Å². The van der Waals surface area contributed by atoms with Crippen LogP contribution in [0.2, 0.25) is 5.02 Å². The zero-order valence-corrected chi connectivity index (χ0v) is 17.9. The normalized spacial score (nSPS) is 11.0. The maximum atomic E-state index is 13.0. The number of amides is 1. The van der Waals surface area contributed by atoms with E-state index in [2.05, 4.69) is 17.2 Å². The Balaban J connectivity index is 1.78. The van der Waals surface area contributed by atoms with Gasteiger partial charge in [-0.25, -0.2) is 4.98 Å². The molecule has 0 saturated heterocycles. The molecule has 2 aromatic carbocycles. The molecule has 0 atom stereocenters. The molecule has 0 aliphatic heterocycles. The van der Waals surface area contributed by atoms with Gasteiger partial charge in [0.2, 0.25) is 5.91 Å². The molecule has 0 unspecified atom stereocenters. The third-order valence-electron chi connectivity index (χ3n) is 4.54. The van der Waals surface area contributed by atoms with Crippen LogP contribution < -0.4 is 10.9 Å². The van der Waals surface area contributed by atoms with Gasteiger partial charge in [-0.05, 0) is 30.7 Å². The minimum atomic E-state index is -0.192. The van der Waals surface area contributed by atoms with Gasteiger partial charge >= 0.3 is 0 Å². The molecule has 0 radical (unpaired) electrons. The highest BCUT2D eigenvalue weighted by molar-refractivity contribution is 7.99. The van der Waals surface area contributed by atoms with E-state index in [4.69, 9.17) is 11.6 Å². The molecule has 1 heterocycles. The first-order chi connectivity index (χ1) is 14.1. The molecule has 0 aliphatic carbocycles. The Labute approximate surface area is 179 Å². The van der Waals surface area contributed by atoms with Crippen molar-refractivity contribution in [1.82, 2.24) is 9.55 Å². The van der Waals surface area contributed by atoms with Gasteiger partial charge in [0.25, 0.3) is 5.56 Å². The van der Waals surface area contributed by atoms with Crippen LogP contribution in [0.1, 0.15) is 32.6 Å². The van der Waals surface area contributed by atoms with Crippen molar-refractivity contribution < 1.29 is 4.79 Å². The number of anilines is 1. The number of nitrogens with one attached hydrogen (secondary N) is 1.